The lowest BCUT2D eigenvalue weighted by atomic mass is 10.0. The minimum Gasteiger partial charge on any atom is -0.460 e. The molecule has 3 heterocycles. The fraction of sp³-hybridized carbons (Fsp3) is 0.667. The number of thioether (sulfide) groups is 2. The van der Waals surface area contributed by atoms with Gasteiger partial charge in [0.2, 0.25) is 11.8 Å². The number of alkyl halides is 3. The number of nitrogens with zero attached hydrogens (tertiary/aromatic N) is 3. The maximum atomic E-state index is 13.2. The van der Waals surface area contributed by atoms with E-state index in [9.17, 15) is 40.8 Å². The van der Waals surface area contributed by atoms with Gasteiger partial charge in [0.05, 0.1) is 0 Å². The zero-order valence-corrected chi connectivity index (χ0v) is 26.5. The summed E-state index contributed by atoms with van der Waals surface area (Å²) in [6, 6.07) is -1.27. The van der Waals surface area contributed by atoms with Gasteiger partial charge in [-0.05, 0) is 47.1 Å². The fourth-order valence-corrected chi connectivity index (χ4v) is 7.19. The van der Waals surface area contributed by atoms with E-state index in [1.807, 2.05) is 0 Å². The number of carbonyl (C=O) groups excluding carboxylic acids is 4. The average Bonchev–Trinajstić information content (AvgIpc) is 3.23. The number of sulfone groups is 1. The van der Waals surface area contributed by atoms with E-state index in [2.05, 4.69) is 15.5 Å². The number of β-lactam (4-membered cyclic amide) rings is 1. The van der Waals surface area contributed by atoms with Gasteiger partial charge in [0, 0.05) is 11.5 Å². The standard InChI is InChI=1S/C24H31F3N4O9S3/c1-22(2,3)39-15(33)7-14-29-30-21(38-14)42-9-12-8-41-19-16(28-13(32)10-43(36,37)11-24(25,26)27)18(34)31(19)17(12)20(35)40-23(4,5)6/h16,19H,7-11H2,1-6H3,(H,28,32)/t16?,19-/m0/s1. The number of carbonyl (C=O) groups is 4. The van der Waals surface area contributed by atoms with Crippen LogP contribution in [0.15, 0.2) is 20.9 Å². The molecule has 1 aromatic heterocycles. The van der Waals surface area contributed by atoms with E-state index in [-0.39, 0.29) is 34.7 Å². The third kappa shape index (κ3) is 10.1. The highest BCUT2D eigenvalue weighted by Gasteiger charge is 2.55. The molecule has 1 aromatic rings. The van der Waals surface area contributed by atoms with E-state index in [1.54, 1.807) is 41.5 Å². The number of rotatable bonds is 10. The second-order valence-corrected chi connectivity index (χ2v) is 15.7. The van der Waals surface area contributed by atoms with Crippen molar-refractivity contribution in [2.45, 2.75) is 82.0 Å². The minimum atomic E-state index is -5.02. The predicted octanol–water partition coefficient (Wildman–Crippen LogP) is 2.02. The van der Waals surface area contributed by atoms with Crippen LogP contribution >= 0.6 is 23.5 Å². The summed E-state index contributed by atoms with van der Waals surface area (Å²) in [4.78, 5) is 51.6. The van der Waals surface area contributed by atoms with Crippen LogP contribution in [0.3, 0.4) is 0 Å². The molecular weight excluding hydrogens is 641 g/mol. The summed E-state index contributed by atoms with van der Waals surface area (Å²) in [5.74, 6) is -6.76. The van der Waals surface area contributed by atoms with Crippen LogP contribution in [0.1, 0.15) is 47.4 Å². The van der Waals surface area contributed by atoms with E-state index in [0.717, 1.165) is 28.4 Å². The van der Waals surface area contributed by atoms with Crippen molar-refractivity contribution < 1.29 is 54.7 Å². The molecule has 0 spiro atoms. The summed E-state index contributed by atoms with van der Waals surface area (Å²) in [7, 11) is -4.82. The third-order valence-electron chi connectivity index (χ3n) is 5.22. The van der Waals surface area contributed by atoms with Crippen LogP contribution < -0.4 is 5.32 Å². The Hall–Kier alpha value is -2.80. The van der Waals surface area contributed by atoms with Crippen molar-refractivity contribution in [3.63, 3.8) is 0 Å². The molecule has 0 saturated carbocycles. The lowest BCUT2D eigenvalue weighted by Crippen LogP contribution is -2.71. The monoisotopic (exact) mass is 672 g/mol. The highest BCUT2D eigenvalue weighted by molar-refractivity contribution is 8.01. The first-order chi connectivity index (χ1) is 19.5. The molecule has 240 valence electrons. The molecule has 43 heavy (non-hydrogen) atoms. The first-order valence-electron chi connectivity index (χ1n) is 12.7. The van der Waals surface area contributed by atoms with Crippen molar-refractivity contribution in [1.82, 2.24) is 20.4 Å². The molecule has 0 radical (unpaired) electrons. The zero-order chi connectivity index (χ0) is 32.5. The van der Waals surface area contributed by atoms with Gasteiger partial charge in [0.15, 0.2) is 9.84 Å². The van der Waals surface area contributed by atoms with Gasteiger partial charge in [0.25, 0.3) is 11.1 Å². The molecule has 0 bridgehead atoms. The van der Waals surface area contributed by atoms with Crippen LogP contribution in [0.25, 0.3) is 0 Å². The molecule has 2 atom stereocenters. The maximum Gasteiger partial charge on any atom is 0.402 e. The molecule has 19 heteroatoms. The van der Waals surface area contributed by atoms with E-state index in [1.165, 1.54) is 0 Å². The molecule has 2 aliphatic rings. The normalized spacial score (nSPS) is 19.5. The molecule has 0 aliphatic carbocycles. The highest BCUT2D eigenvalue weighted by atomic mass is 32.2. The first-order valence-corrected chi connectivity index (χ1v) is 16.5. The summed E-state index contributed by atoms with van der Waals surface area (Å²) in [6.45, 7) is 10.0. The van der Waals surface area contributed by atoms with E-state index >= 15 is 0 Å². The van der Waals surface area contributed by atoms with E-state index < -0.39 is 73.9 Å². The summed E-state index contributed by atoms with van der Waals surface area (Å²) in [5, 5.41) is 9.13. The van der Waals surface area contributed by atoms with Crippen LogP contribution in [0.5, 0.6) is 0 Å². The topological polar surface area (TPSA) is 175 Å². The largest absolute Gasteiger partial charge is 0.460 e. The van der Waals surface area contributed by atoms with Crippen molar-refractivity contribution in [2.24, 2.45) is 0 Å². The molecule has 1 unspecified atom stereocenters. The van der Waals surface area contributed by atoms with Gasteiger partial charge in [-0.3, -0.25) is 19.3 Å². The zero-order valence-electron chi connectivity index (χ0n) is 24.1. The molecule has 2 amide bonds. The molecule has 2 aliphatic heterocycles. The van der Waals surface area contributed by atoms with Gasteiger partial charge >= 0.3 is 18.1 Å². The van der Waals surface area contributed by atoms with E-state index in [4.69, 9.17) is 13.9 Å². The Morgan fingerprint density at radius 1 is 1.09 bits per heavy atom. The summed E-state index contributed by atoms with van der Waals surface area (Å²) < 4.78 is 77.2. The van der Waals surface area contributed by atoms with Gasteiger partial charge < -0.3 is 19.2 Å². The van der Waals surface area contributed by atoms with Crippen LogP contribution in [-0.2, 0) is 44.9 Å². The number of hydrogen-bond donors (Lipinski definition) is 1. The van der Waals surface area contributed by atoms with Crippen LogP contribution in [0.2, 0.25) is 0 Å². The molecule has 1 fully saturated rings. The summed E-state index contributed by atoms with van der Waals surface area (Å²) in [6.07, 6.45) is -5.27. The Bertz CT molecular complexity index is 1410. The van der Waals surface area contributed by atoms with Gasteiger partial charge in [-0.2, -0.15) is 13.2 Å². The second-order valence-electron chi connectivity index (χ2n) is 11.6. The first kappa shape index (κ1) is 34.7. The number of fused-ring (bicyclic) bond motifs is 1. The van der Waals surface area contributed by atoms with Crippen LogP contribution in [-0.4, -0.2) is 99.1 Å². The predicted molar refractivity (Wildman–Crippen MR) is 147 cm³/mol. The number of hydrogen-bond acceptors (Lipinski definition) is 13. The number of ether oxygens (including phenoxy) is 2. The highest BCUT2D eigenvalue weighted by Crippen LogP contribution is 2.42. The molecular formula is C24H31F3N4O9S3. The smallest absolute Gasteiger partial charge is 0.402 e. The summed E-state index contributed by atoms with van der Waals surface area (Å²) in [5.41, 5.74) is -1.26. The van der Waals surface area contributed by atoms with Crippen LogP contribution in [0.4, 0.5) is 13.2 Å². The van der Waals surface area contributed by atoms with Crippen LogP contribution in [0, 0.1) is 0 Å². The van der Waals surface area contributed by atoms with Crippen molar-refractivity contribution >= 4 is 57.1 Å². The second kappa shape index (κ2) is 12.7. The SMILES string of the molecule is CC(C)(C)OC(=O)Cc1nnc(SCC2=C(C(=O)OC(C)(C)C)N3C(=O)C(NC(=O)CS(=O)(=O)CC(F)(F)F)[C@@H]3SC2)o1. The summed E-state index contributed by atoms with van der Waals surface area (Å²) >= 11 is 2.19. The van der Waals surface area contributed by atoms with Crippen molar-refractivity contribution in [1.29, 1.82) is 0 Å². The molecule has 13 nitrogen and oxygen atoms in total. The fourth-order valence-electron chi connectivity index (χ4n) is 3.84. The van der Waals surface area contributed by atoms with Gasteiger partial charge in [-0.25, -0.2) is 13.2 Å². The molecule has 0 aromatic carbocycles. The number of esters is 2. The molecule has 1 saturated heterocycles. The Morgan fingerprint density at radius 2 is 1.72 bits per heavy atom. The Labute approximate surface area is 254 Å². The maximum absolute atomic E-state index is 13.2. The van der Waals surface area contributed by atoms with Crippen molar-refractivity contribution in [3.05, 3.63) is 17.2 Å². The number of amides is 2. The Balaban J connectivity index is 1.73. The number of aromatic nitrogens is 2. The van der Waals surface area contributed by atoms with Crippen molar-refractivity contribution in [2.75, 3.05) is 23.0 Å². The average molecular weight is 673 g/mol. The quantitative estimate of drug-likeness (QED) is 0.217. The van der Waals surface area contributed by atoms with Crippen molar-refractivity contribution in [3.8, 4) is 0 Å². The molecule has 3 rings (SSSR count). The Kier molecular flexibility index (Phi) is 10.2. The van der Waals surface area contributed by atoms with Gasteiger partial charge in [0.1, 0.15) is 46.2 Å². The lowest BCUT2D eigenvalue weighted by molar-refractivity contribution is -0.159. The Morgan fingerprint density at radius 3 is 2.30 bits per heavy atom. The molecule has 1 N–H and O–H groups in total. The number of nitrogens with one attached hydrogen (secondary N) is 1. The third-order valence-corrected chi connectivity index (χ3v) is 8.94. The van der Waals surface area contributed by atoms with Gasteiger partial charge in [-0.15, -0.1) is 22.0 Å². The minimum absolute atomic E-state index is 0.0185. The van der Waals surface area contributed by atoms with E-state index in [0.29, 0.717) is 5.57 Å². The lowest BCUT2D eigenvalue weighted by Gasteiger charge is -2.50. The number of halogens is 3. The van der Waals surface area contributed by atoms with Gasteiger partial charge in [-0.1, -0.05) is 11.8 Å².